The van der Waals surface area contributed by atoms with E-state index in [1.807, 2.05) is 28.9 Å². The van der Waals surface area contributed by atoms with Crippen LogP contribution in [0.25, 0.3) is 5.65 Å². The highest BCUT2D eigenvalue weighted by Crippen LogP contribution is 2.23. The second-order valence-electron chi connectivity index (χ2n) is 5.03. The van der Waals surface area contributed by atoms with Crippen LogP contribution in [0.3, 0.4) is 0 Å². The van der Waals surface area contributed by atoms with Crippen LogP contribution in [0.15, 0.2) is 24.4 Å². The third-order valence-corrected chi connectivity index (χ3v) is 3.64. The fourth-order valence-corrected chi connectivity index (χ4v) is 2.69. The van der Waals surface area contributed by atoms with Gasteiger partial charge in [0, 0.05) is 24.8 Å². The molecule has 2 unspecified atom stereocenters. The van der Waals surface area contributed by atoms with Gasteiger partial charge in [-0.25, -0.2) is 4.52 Å². The van der Waals surface area contributed by atoms with Crippen LogP contribution in [0.2, 0.25) is 0 Å². The monoisotopic (exact) mass is 245 g/mol. The molecule has 18 heavy (non-hydrogen) atoms. The first-order valence-corrected chi connectivity index (χ1v) is 6.59. The topological polar surface area (TPSA) is 59.5 Å². The Bertz CT molecular complexity index is 500. The Kier molecular flexibility index (Phi) is 2.91. The highest BCUT2D eigenvalue weighted by Gasteiger charge is 2.28. The average molecular weight is 245 g/mol. The van der Waals surface area contributed by atoms with Gasteiger partial charge in [0.15, 0.2) is 5.65 Å². The molecule has 1 fully saturated rings. The van der Waals surface area contributed by atoms with Gasteiger partial charge in [-0.05, 0) is 38.3 Å². The zero-order valence-electron chi connectivity index (χ0n) is 10.7. The van der Waals surface area contributed by atoms with Gasteiger partial charge in [0.25, 0.3) is 0 Å². The second-order valence-corrected chi connectivity index (χ2v) is 5.03. The van der Waals surface area contributed by atoms with Crippen molar-refractivity contribution in [3.8, 4) is 0 Å². The first-order chi connectivity index (χ1) is 8.75. The molecule has 0 radical (unpaired) electrons. The average Bonchev–Trinajstić information content (AvgIpc) is 2.82. The van der Waals surface area contributed by atoms with Crippen molar-refractivity contribution in [2.45, 2.75) is 38.3 Å². The molecule has 0 amide bonds. The molecule has 0 saturated carbocycles. The van der Waals surface area contributed by atoms with Gasteiger partial charge in [-0.15, -0.1) is 5.10 Å². The molecule has 0 aliphatic carbocycles. The smallest absolute Gasteiger partial charge is 0.245 e. The van der Waals surface area contributed by atoms with Crippen molar-refractivity contribution >= 4 is 11.6 Å². The van der Waals surface area contributed by atoms with Crippen molar-refractivity contribution in [2.24, 2.45) is 5.73 Å². The van der Waals surface area contributed by atoms with E-state index in [0.717, 1.165) is 24.6 Å². The number of piperidine rings is 1. The second kappa shape index (κ2) is 4.57. The minimum atomic E-state index is 0.150. The van der Waals surface area contributed by atoms with Crippen LogP contribution < -0.4 is 10.6 Å². The lowest BCUT2D eigenvalue weighted by atomic mass is 9.97. The molecule has 0 spiro atoms. The molecule has 2 aromatic heterocycles. The molecule has 3 rings (SSSR count). The summed E-state index contributed by atoms with van der Waals surface area (Å²) in [6.45, 7) is 3.07. The van der Waals surface area contributed by atoms with E-state index in [1.54, 1.807) is 0 Å². The van der Waals surface area contributed by atoms with Crippen molar-refractivity contribution < 1.29 is 0 Å². The zero-order valence-corrected chi connectivity index (χ0v) is 10.7. The number of fused-ring (bicyclic) bond motifs is 1. The van der Waals surface area contributed by atoms with Gasteiger partial charge < -0.3 is 10.6 Å². The van der Waals surface area contributed by atoms with E-state index in [-0.39, 0.29) is 6.04 Å². The summed E-state index contributed by atoms with van der Waals surface area (Å²) in [7, 11) is 0. The SMILES string of the molecule is CC(N)C1CCCCN1c1nc2ccccn2n1. The Labute approximate surface area is 107 Å². The lowest BCUT2D eigenvalue weighted by molar-refractivity contribution is 0.408. The molecular weight excluding hydrogens is 226 g/mol. The minimum absolute atomic E-state index is 0.150. The van der Waals surface area contributed by atoms with E-state index in [4.69, 9.17) is 5.73 Å². The number of hydrogen-bond donors (Lipinski definition) is 1. The Morgan fingerprint density at radius 1 is 1.39 bits per heavy atom. The molecule has 96 valence electrons. The van der Waals surface area contributed by atoms with Gasteiger partial charge in [0.05, 0.1) is 0 Å². The summed E-state index contributed by atoms with van der Waals surface area (Å²) in [5.74, 6) is 0.809. The van der Waals surface area contributed by atoms with Gasteiger partial charge in [-0.1, -0.05) is 6.07 Å². The Hall–Kier alpha value is -1.62. The molecular formula is C13H19N5. The Morgan fingerprint density at radius 3 is 3.06 bits per heavy atom. The minimum Gasteiger partial charge on any atom is -0.335 e. The van der Waals surface area contributed by atoms with Crippen molar-refractivity contribution in [2.75, 3.05) is 11.4 Å². The van der Waals surface area contributed by atoms with Crippen molar-refractivity contribution in [3.63, 3.8) is 0 Å². The molecule has 2 N–H and O–H groups in total. The van der Waals surface area contributed by atoms with Crippen LogP contribution in [-0.2, 0) is 0 Å². The van der Waals surface area contributed by atoms with E-state index >= 15 is 0 Å². The van der Waals surface area contributed by atoms with Gasteiger partial charge in [0.2, 0.25) is 5.95 Å². The molecule has 1 saturated heterocycles. The third-order valence-electron chi connectivity index (χ3n) is 3.64. The van der Waals surface area contributed by atoms with Gasteiger partial charge in [0.1, 0.15) is 0 Å². The summed E-state index contributed by atoms with van der Waals surface area (Å²) >= 11 is 0. The maximum atomic E-state index is 6.09. The fraction of sp³-hybridized carbons (Fsp3) is 0.538. The maximum absolute atomic E-state index is 6.09. The summed E-state index contributed by atoms with van der Waals surface area (Å²) < 4.78 is 1.82. The number of hydrogen-bond acceptors (Lipinski definition) is 4. The van der Waals surface area contributed by atoms with Crippen LogP contribution in [0.5, 0.6) is 0 Å². The maximum Gasteiger partial charge on any atom is 0.245 e. The predicted octanol–water partition coefficient (Wildman–Crippen LogP) is 1.44. The summed E-state index contributed by atoms with van der Waals surface area (Å²) in [6.07, 6.45) is 5.50. The molecule has 1 aliphatic heterocycles. The van der Waals surface area contributed by atoms with E-state index < -0.39 is 0 Å². The van der Waals surface area contributed by atoms with Crippen molar-refractivity contribution in [1.29, 1.82) is 0 Å². The van der Waals surface area contributed by atoms with Crippen molar-refractivity contribution in [1.82, 2.24) is 14.6 Å². The van der Waals surface area contributed by atoms with E-state index in [0.29, 0.717) is 6.04 Å². The van der Waals surface area contributed by atoms with E-state index in [2.05, 4.69) is 21.9 Å². The molecule has 2 atom stereocenters. The lowest BCUT2D eigenvalue weighted by Gasteiger charge is -2.37. The van der Waals surface area contributed by atoms with Gasteiger partial charge >= 0.3 is 0 Å². The van der Waals surface area contributed by atoms with Crippen LogP contribution in [0.1, 0.15) is 26.2 Å². The molecule has 5 nitrogen and oxygen atoms in total. The Balaban J connectivity index is 1.96. The summed E-state index contributed by atoms with van der Waals surface area (Å²) in [6, 6.07) is 6.42. The third kappa shape index (κ3) is 1.95. The number of pyridine rings is 1. The highest BCUT2D eigenvalue weighted by atomic mass is 15.4. The summed E-state index contributed by atoms with van der Waals surface area (Å²) in [5.41, 5.74) is 6.98. The Morgan fingerprint density at radius 2 is 2.28 bits per heavy atom. The molecule has 3 heterocycles. The standard InChI is InChI=1S/C13H19N5/c1-10(14)11-6-2-4-8-17(11)13-15-12-7-3-5-9-18(12)16-13/h3,5,7,9-11H,2,4,6,8,14H2,1H3. The number of aromatic nitrogens is 3. The number of nitrogens with zero attached hydrogens (tertiary/aromatic N) is 4. The summed E-state index contributed by atoms with van der Waals surface area (Å²) in [4.78, 5) is 6.86. The van der Waals surface area contributed by atoms with Gasteiger partial charge in [-0.3, -0.25) is 0 Å². The molecule has 5 heteroatoms. The zero-order chi connectivity index (χ0) is 12.5. The van der Waals surface area contributed by atoms with Gasteiger partial charge in [-0.2, -0.15) is 4.98 Å². The van der Waals surface area contributed by atoms with E-state index in [9.17, 15) is 0 Å². The number of anilines is 1. The molecule has 2 aromatic rings. The van der Waals surface area contributed by atoms with Crippen LogP contribution >= 0.6 is 0 Å². The normalized spacial score (nSPS) is 22.3. The summed E-state index contributed by atoms with van der Waals surface area (Å²) in [5, 5.41) is 4.54. The molecule has 0 aromatic carbocycles. The van der Waals surface area contributed by atoms with E-state index in [1.165, 1.54) is 12.8 Å². The largest absolute Gasteiger partial charge is 0.335 e. The fourth-order valence-electron chi connectivity index (χ4n) is 2.69. The number of nitrogens with two attached hydrogens (primary N) is 1. The molecule has 1 aliphatic rings. The predicted molar refractivity (Wildman–Crippen MR) is 71.6 cm³/mol. The van der Waals surface area contributed by atoms with Crippen molar-refractivity contribution in [3.05, 3.63) is 24.4 Å². The quantitative estimate of drug-likeness (QED) is 0.869. The highest BCUT2D eigenvalue weighted by molar-refractivity contribution is 5.45. The van der Waals surface area contributed by atoms with Crippen LogP contribution in [-0.4, -0.2) is 33.2 Å². The lowest BCUT2D eigenvalue weighted by Crippen LogP contribution is -2.49. The molecule has 0 bridgehead atoms. The van der Waals surface area contributed by atoms with Crippen LogP contribution in [0.4, 0.5) is 5.95 Å². The van der Waals surface area contributed by atoms with Crippen LogP contribution in [0, 0.1) is 0 Å². The number of rotatable bonds is 2. The first-order valence-electron chi connectivity index (χ1n) is 6.59. The first kappa shape index (κ1) is 11.5.